The lowest BCUT2D eigenvalue weighted by atomic mass is 9.97. The van der Waals surface area contributed by atoms with E-state index in [0.717, 1.165) is 19.3 Å². The van der Waals surface area contributed by atoms with Gasteiger partial charge in [-0.1, -0.05) is 6.92 Å². The maximum atomic E-state index is 11.8. The molecule has 0 bridgehead atoms. The smallest absolute Gasteiger partial charge is 0.212 e. The molecule has 0 aromatic carbocycles. The molecule has 0 saturated carbocycles. The van der Waals surface area contributed by atoms with E-state index in [1.807, 2.05) is 6.92 Å². The predicted octanol–water partition coefficient (Wildman–Crippen LogP) is 2.07. The van der Waals surface area contributed by atoms with E-state index in [-0.39, 0.29) is 5.75 Å². The van der Waals surface area contributed by atoms with Crippen molar-refractivity contribution in [1.29, 1.82) is 0 Å². The minimum atomic E-state index is -2.99. The quantitative estimate of drug-likeness (QED) is 0.704. The van der Waals surface area contributed by atoms with Gasteiger partial charge in [0, 0.05) is 19.0 Å². The van der Waals surface area contributed by atoms with Crippen LogP contribution in [-0.4, -0.2) is 37.4 Å². The number of sulfonamides is 1. The van der Waals surface area contributed by atoms with E-state index in [9.17, 15) is 8.42 Å². The fourth-order valence-corrected chi connectivity index (χ4v) is 3.98. The highest BCUT2D eigenvalue weighted by atomic mass is 35.5. The van der Waals surface area contributed by atoms with E-state index >= 15 is 0 Å². The van der Waals surface area contributed by atoms with Crippen molar-refractivity contribution in [2.24, 2.45) is 5.92 Å². The highest BCUT2D eigenvalue weighted by Crippen LogP contribution is 2.22. The van der Waals surface area contributed by atoms with Gasteiger partial charge in [0.05, 0.1) is 5.75 Å². The van der Waals surface area contributed by atoms with Crippen molar-refractivity contribution in [2.45, 2.75) is 32.6 Å². The van der Waals surface area contributed by atoms with Gasteiger partial charge >= 0.3 is 0 Å². The molecule has 0 aliphatic carbocycles. The summed E-state index contributed by atoms with van der Waals surface area (Å²) in [5, 5.41) is 0. The summed E-state index contributed by atoms with van der Waals surface area (Å²) < 4.78 is 25.3. The Bertz CT molecular complexity index is 277. The standard InChI is InChI=1S/C10H20ClNO2S/c1-2-8-15(13,14)12-7-3-4-10(9-12)5-6-11/h10H,2-9H2,1H3. The van der Waals surface area contributed by atoms with E-state index in [1.54, 1.807) is 4.31 Å². The lowest BCUT2D eigenvalue weighted by Crippen LogP contribution is -2.41. The molecule has 1 saturated heterocycles. The lowest BCUT2D eigenvalue weighted by molar-refractivity contribution is 0.262. The Morgan fingerprint density at radius 2 is 2.20 bits per heavy atom. The summed E-state index contributed by atoms with van der Waals surface area (Å²) in [5.41, 5.74) is 0. The summed E-state index contributed by atoms with van der Waals surface area (Å²) in [6, 6.07) is 0. The van der Waals surface area contributed by atoms with Gasteiger partial charge in [0.2, 0.25) is 10.0 Å². The van der Waals surface area contributed by atoms with Crippen molar-refractivity contribution < 1.29 is 8.42 Å². The monoisotopic (exact) mass is 253 g/mol. The van der Waals surface area contributed by atoms with E-state index in [4.69, 9.17) is 11.6 Å². The summed E-state index contributed by atoms with van der Waals surface area (Å²) in [5.74, 6) is 1.37. The molecule has 1 atom stereocenters. The predicted molar refractivity (Wildman–Crippen MR) is 63.7 cm³/mol. The average Bonchev–Trinajstić information content (AvgIpc) is 2.19. The van der Waals surface area contributed by atoms with Gasteiger partial charge in [0.15, 0.2) is 0 Å². The molecule has 3 nitrogen and oxygen atoms in total. The zero-order valence-corrected chi connectivity index (χ0v) is 10.9. The van der Waals surface area contributed by atoms with Gasteiger partial charge in [0.25, 0.3) is 0 Å². The second-order valence-corrected chi connectivity index (χ2v) is 6.63. The van der Waals surface area contributed by atoms with Crippen LogP contribution in [0.3, 0.4) is 0 Å². The van der Waals surface area contributed by atoms with Crippen LogP contribution >= 0.6 is 11.6 Å². The number of hydrogen-bond acceptors (Lipinski definition) is 2. The molecule has 1 aliphatic rings. The van der Waals surface area contributed by atoms with E-state index in [1.165, 1.54) is 0 Å². The first kappa shape index (κ1) is 13.3. The van der Waals surface area contributed by atoms with Gasteiger partial charge in [-0.25, -0.2) is 12.7 Å². The van der Waals surface area contributed by atoms with Crippen molar-refractivity contribution in [3.8, 4) is 0 Å². The third-order valence-corrected chi connectivity index (χ3v) is 5.12. The molecule has 15 heavy (non-hydrogen) atoms. The van der Waals surface area contributed by atoms with Crippen LogP contribution < -0.4 is 0 Å². The Balaban J connectivity index is 2.55. The molecule has 1 unspecified atom stereocenters. The van der Waals surface area contributed by atoms with E-state index < -0.39 is 10.0 Å². The molecule has 1 rings (SSSR count). The van der Waals surface area contributed by atoms with Crippen LogP contribution in [0, 0.1) is 5.92 Å². The van der Waals surface area contributed by atoms with Gasteiger partial charge < -0.3 is 0 Å². The van der Waals surface area contributed by atoms with Gasteiger partial charge in [-0.2, -0.15) is 0 Å². The first-order valence-electron chi connectivity index (χ1n) is 5.64. The second-order valence-electron chi connectivity index (χ2n) is 4.16. The minimum Gasteiger partial charge on any atom is -0.212 e. The van der Waals surface area contributed by atoms with Crippen LogP contribution in [0.25, 0.3) is 0 Å². The number of nitrogens with zero attached hydrogens (tertiary/aromatic N) is 1. The Labute approximate surface area is 97.8 Å². The molecule has 0 amide bonds. The Morgan fingerprint density at radius 3 is 2.80 bits per heavy atom. The molecule has 1 heterocycles. The van der Waals surface area contributed by atoms with E-state index in [0.29, 0.717) is 31.3 Å². The molecule has 0 N–H and O–H groups in total. The summed E-state index contributed by atoms with van der Waals surface area (Å²) in [6.45, 7) is 3.27. The maximum Gasteiger partial charge on any atom is 0.214 e. The fourth-order valence-electron chi connectivity index (χ4n) is 2.06. The van der Waals surface area contributed by atoms with Gasteiger partial charge in [-0.3, -0.25) is 0 Å². The SMILES string of the molecule is CCCS(=O)(=O)N1CCCC(CCCl)C1. The number of piperidine rings is 1. The van der Waals surface area contributed by atoms with Gasteiger partial charge in [-0.05, 0) is 31.6 Å². The van der Waals surface area contributed by atoms with Crippen molar-refractivity contribution in [1.82, 2.24) is 4.31 Å². The topological polar surface area (TPSA) is 37.4 Å². The van der Waals surface area contributed by atoms with Crippen LogP contribution in [0.1, 0.15) is 32.6 Å². The summed E-state index contributed by atoms with van der Waals surface area (Å²) in [4.78, 5) is 0. The molecular weight excluding hydrogens is 234 g/mol. The van der Waals surface area contributed by atoms with Crippen LogP contribution in [-0.2, 0) is 10.0 Å². The molecule has 1 aliphatic heterocycles. The summed E-state index contributed by atoms with van der Waals surface area (Å²) in [7, 11) is -2.99. The molecule has 0 aromatic heterocycles. The fraction of sp³-hybridized carbons (Fsp3) is 1.00. The Kier molecular flexibility index (Phi) is 5.36. The molecule has 0 aromatic rings. The number of rotatable bonds is 5. The normalized spacial score (nSPS) is 24.3. The third kappa shape index (κ3) is 3.93. The molecule has 0 radical (unpaired) electrons. The highest BCUT2D eigenvalue weighted by molar-refractivity contribution is 7.89. The van der Waals surface area contributed by atoms with Crippen LogP contribution in [0.5, 0.6) is 0 Å². The Hall–Kier alpha value is 0.200. The number of halogens is 1. The molecular formula is C10H20ClNO2S. The molecule has 90 valence electrons. The second kappa shape index (κ2) is 6.06. The van der Waals surface area contributed by atoms with Crippen molar-refractivity contribution in [3.63, 3.8) is 0 Å². The van der Waals surface area contributed by atoms with Crippen LogP contribution in [0.15, 0.2) is 0 Å². The first-order chi connectivity index (χ1) is 7.10. The van der Waals surface area contributed by atoms with Gasteiger partial charge in [0.1, 0.15) is 0 Å². The van der Waals surface area contributed by atoms with Crippen LogP contribution in [0.4, 0.5) is 0 Å². The van der Waals surface area contributed by atoms with E-state index in [2.05, 4.69) is 0 Å². The van der Waals surface area contributed by atoms with Crippen molar-refractivity contribution in [3.05, 3.63) is 0 Å². The van der Waals surface area contributed by atoms with Gasteiger partial charge in [-0.15, -0.1) is 11.6 Å². The number of hydrogen-bond donors (Lipinski definition) is 0. The largest absolute Gasteiger partial charge is 0.214 e. The number of alkyl halides is 1. The third-order valence-electron chi connectivity index (χ3n) is 2.85. The molecule has 1 fully saturated rings. The minimum absolute atomic E-state index is 0.278. The molecule has 0 spiro atoms. The Morgan fingerprint density at radius 1 is 1.47 bits per heavy atom. The highest BCUT2D eigenvalue weighted by Gasteiger charge is 2.27. The van der Waals surface area contributed by atoms with Crippen LogP contribution in [0.2, 0.25) is 0 Å². The maximum absolute atomic E-state index is 11.8. The molecule has 5 heteroatoms. The lowest BCUT2D eigenvalue weighted by Gasteiger charge is -2.31. The zero-order chi connectivity index (χ0) is 11.3. The zero-order valence-electron chi connectivity index (χ0n) is 9.28. The summed E-state index contributed by atoms with van der Waals surface area (Å²) >= 11 is 5.69. The summed E-state index contributed by atoms with van der Waals surface area (Å²) in [6.07, 6.45) is 3.72. The first-order valence-corrected chi connectivity index (χ1v) is 7.78. The van der Waals surface area contributed by atoms with Crippen molar-refractivity contribution >= 4 is 21.6 Å². The average molecular weight is 254 g/mol. The van der Waals surface area contributed by atoms with Crippen molar-refractivity contribution in [2.75, 3.05) is 24.7 Å².